The SMILES string of the molecule is Cc1c(C(=O)O)n(C)c2ccc([N+](=O)[O-])cc12. The maximum absolute atomic E-state index is 11.1. The molecule has 88 valence electrons. The fraction of sp³-hybridized carbons (Fsp3) is 0.182. The number of carboxylic acid groups (broad SMARTS) is 1. The molecule has 1 aromatic carbocycles. The van der Waals surface area contributed by atoms with Gasteiger partial charge in [-0.05, 0) is 18.6 Å². The number of carbonyl (C=O) groups is 1. The number of carboxylic acids is 1. The lowest BCUT2D eigenvalue weighted by molar-refractivity contribution is -0.384. The second kappa shape index (κ2) is 3.58. The first-order chi connectivity index (χ1) is 7.93. The Labute approximate surface area is 96.2 Å². The minimum Gasteiger partial charge on any atom is -0.477 e. The number of nitro groups is 1. The van der Waals surface area contributed by atoms with Gasteiger partial charge in [-0.1, -0.05) is 0 Å². The van der Waals surface area contributed by atoms with Crippen LogP contribution in [0.2, 0.25) is 0 Å². The van der Waals surface area contributed by atoms with Crippen molar-refractivity contribution in [3.8, 4) is 0 Å². The molecule has 0 aliphatic carbocycles. The number of non-ortho nitro benzene ring substituents is 1. The van der Waals surface area contributed by atoms with Gasteiger partial charge in [0.2, 0.25) is 0 Å². The van der Waals surface area contributed by atoms with Gasteiger partial charge >= 0.3 is 5.97 Å². The van der Waals surface area contributed by atoms with E-state index >= 15 is 0 Å². The van der Waals surface area contributed by atoms with E-state index in [0.717, 1.165) is 0 Å². The van der Waals surface area contributed by atoms with Crippen LogP contribution in [0.15, 0.2) is 18.2 Å². The summed E-state index contributed by atoms with van der Waals surface area (Å²) in [7, 11) is 1.63. The molecule has 2 aromatic rings. The van der Waals surface area contributed by atoms with Gasteiger partial charge in [0, 0.05) is 30.1 Å². The van der Waals surface area contributed by atoms with Crippen molar-refractivity contribution in [2.24, 2.45) is 7.05 Å². The lowest BCUT2D eigenvalue weighted by atomic mass is 10.1. The third-order valence-corrected chi connectivity index (χ3v) is 2.85. The average Bonchev–Trinajstić information content (AvgIpc) is 2.51. The number of benzene rings is 1. The Morgan fingerprint density at radius 3 is 2.65 bits per heavy atom. The summed E-state index contributed by atoms with van der Waals surface area (Å²) in [4.78, 5) is 21.2. The van der Waals surface area contributed by atoms with Gasteiger partial charge in [0.05, 0.1) is 4.92 Å². The van der Waals surface area contributed by atoms with Crippen molar-refractivity contribution in [2.75, 3.05) is 0 Å². The number of aryl methyl sites for hydroxylation is 2. The van der Waals surface area contributed by atoms with Crippen LogP contribution in [0, 0.1) is 17.0 Å². The van der Waals surface area contributed by atoms with Gasteiger partial charge in [0.25, 0.3) is 5.69 Å². The highest BCUT2D eigenvalue weighted by Crippen LogP contribution is 2.28. The lowest BCUT2D eigenvalue weighted by Gasteiger charge is -1.98. The number of aromatic nitrogens is 1. The molecular weight excluding hydrogens is 224 g/mol. The summed E-state index contributed by atoms with van der Waals surface area (Å²) in [5.74, 6) is -1.04. The van der Waals surface area contributed by atoms with Crippen molar-refractivity contribution in [3.63, 3.8) is 0 Å². The van der Waals surface area contributed by atoms with Crippen LogP contribution >= 0.6 is 0 Å². The molecule has 0 saturated carbocycles. The normalized spacial score (nSPS) is 10.7. The van der Waals surface area contributed by atoms with Gasteiger partial charge in [-0.2, -0.15) is 0 Å². The molecule has 0 saturated heterocycles. The topological polar surface area (TPSA) is 85.4 Å². The van der Waals surface area contributed by atoms with Crippen LogP contribution in [0.25, 0.3) is 10.9 Å². The maximum atomic E-state index is 11.1. The van der Waals surface area contributed by atoms with E-state index in [1.807, 2.05) is 0 Å². The third-order valence-electron chi connectivity index (χ3n) is 2.85. The molecule has 0 amide bonds. The number of nitro benzene ring substituents is 1. The minimum absolute atomic E-state index is 0.0388. The van der Waals surface area contributed by atoms with E-state index in [-0.39, 0.29) is 11.4 Å². The number of nitrogens with zero attached hydrogens (tertiary/aromatic N) is 2. The summed E-state index contributed by atoms with van der Waals surface area (Å²) < 4.78 is 1.52. The molecule has 1 N–H and O–H groups in total. The van der Waals surface area contributed by atoms with E-state index in [9.17, 15) is 14.9 Å². The zero-order valence-corrected chi connectivity index (χ0v) is 9.30. The van der Waals surface area contributed by atoms with E-state index in [0.29, 0.717) is 16.5 Å². The van der Waals surface area contributed by atoms with E-state index in [1.165, 1.54) is 16.7 Å². The molecule has 6 heteroatoms. The van der Waals surface area contributed by atoms with Crippen LogP contribution in [0.1, 0.15) is 16.1 Å². The summed E-state index contributed by atoms with van der Waals surface area (Å²) in [5.41, 5.74) is 1.33. The van der Waals surface area contributed by atoms with Gasteiger partial charge in [0.1, 0.15) is 5.69 Å². The predicted octanol–water partition coefficient (Wildman–Crippen LogP) is 2.09. The van der Waals surface area contributed by atoms with Gasteiger partial charge in [0.15, 0.2) is 0 Å². The van der Waals surface area contributed by atoms with Crippen LogP contribution in [0.4, 0.5) is 5.69 Å². The van der Waals surface area contributed by atoms with Gasteiger partial charge in [-0.15, -0.1) is 0 Å². The third kappa shape index (κ3) is 1.54. The number of hydrogen-bond acceptors (Lipinski definition) is 3. The van der Waals surface area contributed by atoms with Crippen molar-refractivity contribution in [1.82, 2.24) is 4.57 Å². The smallest absolute Gasteiger partial charge is 0.352 e. The highest BCUT2D eigenvalue weighted by molar-refractivity contribution is 5.98. The zero-order valence-electron chi connectivity index (χ0n) is 9.30. The summed E-state index contributed by atoms with van der Waals surface area (Å²) in [6.07, 6.45) is 0. The molecule has 0 spiro atoms. The molecule has 0 fully saturated rings. The molecule has 0 radical (unpaired) electrons. The molecule has 1 heterocycles. The first-order valence-corrected chi connectivity index (χ1v) is 4.90. The van der Waals surface area contributed by atoms with E-state index in [2.05, 4.69) is 0 Å². The van der Waals surface area contributed by atoms with Crippen molar-refractivity contribution in [3.05, 3.63) is 39.6 Å². The average molecular weight is 234 g/mol. The molecule has 0 aliphatic rings. The molecule has 0 atom stereocenters. The van der Waals surface area contributed by atoms with E-state index < -0.39 is 10.9 Å². The first-order valence-electron chi connectivity index (χ1n) is 4.90. The Hall–Kier alpha value is -2.37. The largest absolute Gasteiger partial charge is 0.477 e. The predicted molar refractivity (Wildman–Crippen MR) is 61.3 cm³/mol. The van der Waals surface area contributed by atoms with Crippen molar-refractivity contribution in [1.29, 1.82) is 0 Å². The fourth-order valence-electron chi connectivity index (χ4n) is 2.03. The second-order valence-corrected chi connectivity index (χ2v) is 3.80. The summed E-state index contributed by atoms with van der Waals surface area (Å²) in [6, 6.07) is 4.33. The summed E-state index contributed by atoms with van der Waals surface area (Å²) in [6.45, 7) is 1.65. The Kier molecular flexibility index (Phi) is 2.35. The first kappa shape index (κ1) is 11.1. The molecule has 2 rings (SSSR count). The standard InChI is InChI=1S/C11H10N2O4/c1-6-8-5-7(13(16)17)3-4-9(8)12(2)10(6)11(14)15/h3-5H,1-2H3,(H,14,15). The highest BCUT2D eigenvalue weighted by atomic mass is 16.6. The second-order valence-electron chi connectivity index (χ2n) is 3.80. The molecule has 0 unspecified atom stereocenters. The zero-order chi connectivity index (χ0) is 12.7. The molecular formula is C11H10N2O4. The molecule has 1 aromatic heterocycles. The molecule has 0 aliphatic heterocycles. The monoisotopic (exact) mass is 234 g/mol. The van der Waals surface area contributed by atoms with Crippen LogP contribution < -0.4 is 0 Å². The molecule has 0 bridgehead atoms. The number of rotatable bonds is 2. The van der Waals surface area contributed by atoms with Crippen molar-refractivity contribution < 1.29 is 14.8 Å². The van der Waals surface area contributed by atoms with E-state index in [4.69, 9.17) is 5.11 Å². The van der Waals surface area contributed by atoms with Crippen molar-refractivity contribution >= 4 is 22.6 Å². The lowest BCUT2D eigenvalue weighted by Crippen LogP contribution is -2.05. The Bertz CT molecular complexity index is 642. The Balaban J connectivity index is 2.84. The fourth-order valence-corrected chi connectivity index (χ4v) is 2.03. The molecule has 6 nitrogen and oxygen atoms in total. The summed E-state index contributed by atoms with van der Waals surface area (Å²) in [5, 5.41) is 20.3. The van der Waals surface area contributed by atoms with Crippen LogP contribution in [-0.2, 0) is 7.05 Å². The van der Waals surface area contributed by atoms with Crippen molar-refractivity contribution in [2.45, 2.75) is 6.92 Å². The maximum Gasteiger partial charge on any atom is 0.352 e. The van der Waals surface area contributed by atoms with Crippen LogP contribution in [-0.4, -0.2) is 20.6 Å². The Morgan fingerprint density at radius 1 is 1.47 bits per heavy atom. The van der Waals surface area contributed by atoms with Crippen LogP contribution in [0.5, 0.6) is 0 Å². The van der Waals surface area contributed by atoms with Crippen LogP contribution in [0.3, 0.4) is 0 Å². The molecule has 17 heavy (non-hydrogen) atoms. The number of aromatic carboxylic acids is 1. The highest BCUT2D eigenvalue weighted by Gasteiger charge is 2.19. The van der Waals surface area contributed by atoms with Gasteiger partial charge < -0.3 is 9.67 Å². The summed E-state index contributed by atoms with van der Waals surface area (Å²) >= 11 is 0. The number of fused-ring (bicyclic) bond motifs is 1. The van der Waals surface area contributed by atoms with Gasteiger partial charge in [-0.25, -0.2) is 4.79 Å². The van der Waals surface area contributed by atoms with Gasteiger partial charge in [-0.3, -0.25) is 10.1 Å². The minimum atomic E-state index is -1.04. The van der Waals surface area contributed by atoms with E-state index in [1.54, 1.807) is 20.0 Å². The number of hydrogen-bond donors (Lipinski definition) is 1. The Morgan fingerprint density at radius 2 is 2.12 bits per heavy atom. The quantitative estimate of drug-likeness (QED) is 0.636.